The van der Waals surface area contributed by atoms with Crippen LogP contribution in [0.2, 0.25) is 5.02 Å². The first kappa shape index (κ1) is 26.9. The molecule has 3 aromatic carbocycles. The molecule has 0 bridgehead atoms. The van der Waals surface area contributed by atoms with E-state index in [1.165, 1.54) is 30.3 Å². The van der Waals surface area contributed by atoms with Crippen molar-refractivity contribution in [3.63, 3.8) is 0 Å². The van der Waals surface area contributed by atoms with Crippen molar-refractivity contribution in [2.24, 2.45) is 0 Å². The zero-order valence-electron chi connectivity index (χ0n) is 20.1. The van der Waals surface area contributed by atoms with Crippen LogP contribution < -0.4 is 5.32 Å². The molecule has 1 amide bonds. The summed E-state index contributed by atoms with van der Waals surface area (Å²) in [7, 11) is 0. The van der Waals surface area contributed by atoms with E-state index in [0.29, 0.717) is 23.1 Å². The summed E-state index contributed by atoms with van der Waals surface area (Å²) < 4.78 is 61.4. The number of carbonyl (C=O) groups is 2. The van der Waals surface area contributed by atoms with Gasteiger partial charge in [0.2, 0.25) is 6.10 Å². The summed E-state index contributed by atoms with van der Waals surface area (Å²) in [5, 5.41) is 2.07. The van der Waals surface area contributed by atoms with Gasteiger partial charge in [0.1, 0.15) is 5.82 Å². The van der Waals surface area contributed by atoms with Gasteiger partial charge in [-0.1, -0.05) is 41.9 Å². The van der Waals surface area contributed by atoms with E-state index in [4.69, 9.17) is 16.3 Å². The fraction of sp³-hybridized carbons (Fsp3) is 0.143. The SMILES string of the molecule is Cc1cc(C(=O)O[C@@H](C(=O)Nc2ccc(Cl)cc2C(F)(F)F)c2ccccc2)c(C)n1-c1ccc(F)cc1. The van der Waals surface area contributed by atoms with Gasteiger partial charge in [-0.15, -0.1) is 0 Å². The highest BCUT2D eigenvalue weighted by Gasteiger charge is 2.35. The first-order chi connectivity index (χ1) is 18.0. The quantitative estimate of drug-likeness (QED) is 0.203. The van der Waals surface area contributed by atoms with E-state index < -0.39 is 41.2 Å². The molecule has 4 rings (SSSR count). The first-order valence-electron chi connectivity index (χ1n) is 11.3. The Hall–Kier alpha value is -4.11. The van der Waals surface area contributed by atoms with Gasteiger partial charge in [0.15, 0.2) is 0 Å². The lowest BCUT2D eigenvalue weighted by Crippen LogP contribution is -2.27. The monoisotopic (exact) mass is 544 g/mol. The number of ether oxygens (including phenoxy) is 1. The van der Waals surface area contributed by atoms with Crippen molar-refractivity contribution in [3.8, 4) is 5.69 Å². The van der Waals surface area contributed by atoms with Crippen LogP contribution >= 0.6 is 11.6 Å². The third-order valence-corrected chi connectivity index (χ3v) is 6.08. The molecule has 1 N–H and O–H groups in total. The lowest BCUT2D eigenvalue weighted by atomic mass is 10.1. The molecule has 0 aliphatic heterocycles. The van der Waals surface area contributed by atoms with Gasteiger partial charge in [-0.05, 0) is 62.4 Å². The number of hydrogen-bond acceptors (Lipinski definition) is 3. The molecule has 5 nitrogen and oxygen atoms in total. The second kappa shape index (κ2) is 10.7. The van der Waals surface area contributed by atoms with E-state index in [1.54, 1.807) is 54.8 Å². The normalized spacial score (nSPS) is 12.2. The Balaban J connectivity index is 1.66. The number of benzene rings is 3. The Labute approximate surface area is 220 Å². The van der Waals surface area contributed by atoms with Crippen LogP contribution in [0.3, 0.4) is 0 Å². The second-order valence-corrected chi connectivity index (χ2v) is 8.91. The van der Waals surface area contributed by atoms with Crippen LogP contribution in [-0.4, -0.2) is 16.4 Å². The second-order valence-electron chi connectivity index (χ2n) is 8.47. The average Bonchev–Trinajstić information content (AvgIpc) is 3.17. The van der Waals surface area contributed by atoms with E-state index in [9.17, 15) is 27.2 Å². The maximum Gasteiger partial charge on any atom is 0.418 e. The molecule has 0 radical (unpaired) electrons. The Bertz CT molecular complexity index is 1480. The van der Waals surface area contributed by atoms with Gasteiger partial charge in [0.25, 0.3) is 5.91 Å². The lowest BCUT2D eigenvalue weighted by molar-refractivity contribution is -0.137. The van der Waals surface area contributed by atoms with E-state index in [0.717, 1.165) is 6.07 Å². The number of aromatic nitrogens is 1. The van der Waals surface area contributed by atoms with Crippen LogP contribution in [0.5, 0.6) is 0 Å². The zero-order valence-corrected chi connectivity index (χ0v) is 20.9. The van der Waals surface area contributed by atoms with Crippen LogP contribution in [-0.2, 0) is 15.7 Å². The van der Waals surface area contributed by atoms with Crippen LogP contribution in [0.4, 0.5) is 23.2 Å². The molecule has 1 heterocycles. The van der Waals surface area contributed by atoms with E-state index in [1.807, 2.05) is 0 Å². The maximum atomic E-state index is 13.6. The predicted molar refractivity (Wildman–Crippen MR) is 135 cm³/mol. The fourth-order valence-electron chi connectivity index (χ4n) is 4.09. The third-order valence-electron chi connectivity index (χ3n) is 5.85. The van der Waals surface area contributed by atoms with Gasteiger partial charge in [-0.25, -0.2) is 9.18 Å². The summed E-state index contributed by atoms with van der Waals surface area (Å²) >= 11 is 5.73. The standard InChI is InChI=1S/C28H21ClF4N2O3/c1-16-14-22(17(2)35(16)21-11-9-20(30)10-12-21)27(37)38-25(18-6-4-3-5-7-18)26(36)34-24-13-8-19(29)15-23(24)28(31,32)33/h3-15,25H,1-2H3,(H,34,36)/t25-/m1/s1. The largest absolute Gasteiger partial charge is 0.444 e. The smallest absolute Gasteiger partial charge is 0.418 e. The summed E-state index contributed by atoms with van der Waals surface area (Å²) in [6, 6.07) is 18.1. The number of alkyl halides is 3. The molecular weight excluding hydrogens is 524 g/mol. The maximum absolute atomic E-state index is 13.6. The van der Waals surface area contributed by atoms with Crippen molar-refractivity contribution in [2.75, 3.05) is 5.32 Å². The van der Waals surface area contributed by atoms with Crippen LogP contribution in [0, 0.1) is 19.7 Å². The average molecular weight is 545 g/mol. The summed E-state index contributed by atoms with van der Waals surface area (Å²) in [4.78, 5) is 26.5. The summed E-state index contributed by atoms with van der Waals surface area (Å²) in [5.74, 6) is -2.26. The van der Waals surface area contributed by atoms with Crippen molar-refractivity contribution in [2.45, 2.75) is 26.1 Å². The van der Waals surface area contributed by atoms with Crippen molar-refractivity contribution in [1.29, 1.82) is 0 Å². The fourth-order valence-corrected chi connectivity index (χ4v) is 4.26. The van der Waals surface area contributed by atoms with Crippen molar-refractivity contribution >= 4 is 29.2 Å². The molecule has 0 aliphatic rings. The Morgan fingerprint density at radius 3 is 2.24 bits per heavy atom. The molecule has 38 heavy (non-hydrogen) atoms. The van der Waals surface area contributed by atoms with Crippen molar-refractivity contribution in [3.05, 3.63) is 118 Å². The molecule has 0 spiro atoms. The minimum absolute atomic E-state index is 0.142. The Morgan fingerprint density at radius 2 is 1.61 bits per heavy atom. The number of esters is 1. The van der Waals surface area contributed by atoms with Crippen LogP contribution in [0.1, 0.15) is 39.0 Å². The minimum atomic E-state index is -4.79. The number of anilines is 1. The molecule has 4 aromatic rings. The molecule has 10 heteroatoms. The molecule has 0 aliphatic carbocycles. The Morgan fingerprint density at radius 1 is 0.947 bits per heavy atom. The number of halogens is 5. The van der Waals surface area contributed by atoms with Crippen molar-refractivity contribution < 1.29 is 31.9 Å². The van der Waals surface area contributed by atoms with Crippen molar-refractivity contribution in [1.82, 2.24) is 4.57 Å². The van der Waals surface area contributed by atoms with Gasteiger partial charge < -0.3 is 14.6 Å². The predicted octanol–water partition coefficient (Wildman–Crippen LogP) is 7.44. The van der Waals surface area contributed by atoms with Gasteiger partial charge in [0.05, 0.1) is 16.8 Å². The zero-order chi connectivity index (χ0) is 27.6. The van der Waals surface area contributed by atoms with Crippen LogP contribution in [0.25, 0.3) is 5.69 Å². The molecular formula is C28H21ClF4N2O3. The van der Waals surface area contributed by atoms with Crippen LogP contribution in [0.15, 0.2) is 78.9 Å². The highest BCUT2D eigenvalue weighted by Crippen LogP contribution is 2.37. The van der Waals surface area contributed by atoms with Gasteiger partial charge in [-0.3, -0.25) is 4.79 Å². The summed E-state index contributed by atoms with van der Waals surface area (Å²) in [6.45, 7) is 3.40. The van der Waals surface area contributed by atoms with E-state index in [2.05, 4.69) is 5.32 Å². The van der Waals surface area contributed by atoms with E-state index in [-0.39, 0.29) is 16.1 Å². The van der Waals surface area contributed by atoms with Gasteiger partial charge in [0, 0.05) is 27.7 Å². The number of rotatable bonds is 6. The number of aryl methyl sites for hydroxylation is 1. The van der Waals surface area contributed by atoms with E-state index >= 15 is 0 Å². The number of nitrogens with one attached hydrogen (secondary N) is 1. The number of amides is 1. The van der Waals surface area contributed by atoms with Gasteiger partial charge >= 0.3 is 12.1 Å². The topological polar surface area (TPSA) is 60.3 Å². The molecule has 0 saturated heterocycles. The third kappa shape index (κ3) is 5.73. The summed E-state index contributed by atoms with van der Waals surface area (Å²) in [6.07, 6.45) is -6.35. The number of nitrogens with zero attached hydrogens (tertiary/aromatic N) is 1. The molecule has 1 aromatic heterocycles. The number of carbonyl (C=O) groups excluding carboxylic acids is 2. The molecule has 0 unspecified atom stereocenters. The highest BCUT2D eigenvalue weighted by atomic mass is 35.5. The molecule has 1 atom stereocenters. The molecule has 0 saturated carbocycles. The minimum Gasteiger partial charge on any atom is -0.444 e. The summed E-state index contributed by atoms with van der Waals surface area (Å²) in [5.41, 5.74) is 0.468. The molecule has 196 valence electrons. The molecule has 0 fully saturated rings. The lowest BCUT2D eigenvalue weighted by Gasteiger charge is -2.20. The Kier molecular flexibility index (Phi) is 7.59. The first-order valence-corrected chi connectivity index (χ1v) is 11.7. The number of hydrogen-bond donors (Lipinski definition) is 1. The van der Waals surface area contributed by atoms with Gasteiger partial charge in [-0.2, -0.15) is 13.2 Å². The highest BCUT2D eigenvalue weighted by molar-refractivity contribution is 6.30.